The van der Waals surface area contributed by atoms with Crippen LogP contribution >= 0.6 is 11.3 Å². The second-order valence-corrected chi connectivity index (χ2v) is 8.64. The smallest absolute Gasteiger partial charge is 0.251 e. The van der Waals surface area contributed by atoms with E-state index in [0.29, 0.717) is 36.0 Å². The summed E-state index contributed by atoms with van der Waals surface area (Å²) in [4.78, 5) is 16.6. The Labute approximate surface area is 192 Å². The number of rotatable bonds is 9. The van der Waals surface area contributed by atoms with E-state index < -0.39 is 0 Å². The van der Waals surface area contributed by atoms with Crippen molar-refractivity contribution in [2.75, 3.05) is 33.9 Å². The fourth-order valence-electron chi connectivity index (χ4n) is 3.81. The van der Waals surface area contributed by atoms with Crippen molar-refractivity contribution in [1.29, 1.82) is 0 Å². The van der Waals surface area contributed by atoms with Crippen LogP contribution in [0.2, 0.25) is 0 Å². The highest BCUT2D eigenvalue weighted by atomic mass is 32.1. The van der Waals surface area contributed by atoms with Crippen molar-refractivity contribution >= 4 is 17.2 Å². The molecule has 1 amide bonds. The van der Waals surface area contributed by atoms with Crippen LogP contribution in [0.25, 0.3) is 0 Å². The van der Waals surface area contributed by atoms with Crippen LogP contribution < -0.4 is 19.5 Å². The molecule has 0 saturated carbocycles. The zero-order valence-electron chi connectivity index (χ0n) is 18.4. The van der Waals surface area contributed by atoms with Crippen molar-refractivity contribution in [1.82, 2.24) is 10.2 Å². The van der Waals surface area contributed by atoms with Crippen LogP contribution in [-0.4, -0.2) is 44.7 Å². The fourth-order valence-corrected chi connectivity index (χ4v) is 4.70. The lowest BCUT2D eigenvalue weighted by Crippen LogP contribution is -2.37. The number of fused-ring (bicyclic) bond motifs is 1. The molecule has 2 heterocycles. The molecule has 168 valence electrons. The van der Waals surface area contributed by atoms with E-state index >= 15 is 0 Å². The average Bonchev–Trinajstić information content (AvgIpc) is 3.30. The Bertz CT molecular complexity index is 1030. The van der Waals surface area contributed by atoms with Gasteiger partial charge in [-0.1, -0.05) is 30.3 Å². The van der Waals surface area contributed by atoms with Crippen LogP contribution in [0.5, 0.6) is 17.2 Å². The maximum atomic E-state index is 12.8. The van der Waals surface area contributed by atoms with E-state index in [1.165, 1.54) is 10.4 Å². The van der Waals surface area contributed by atoms with Crippen molar-refractivity contribution in [2.45, 2.75) is 19.6 Å². The van der Waals surface area contributed by atoms with Crippen LogP contribution in [0, 0.1) is 0 Å². The number of thiophene rings is 1. The Morgan fingerprint density at radius 2 is 1.84 bits per heavy atom. The summed E-state index contributed by atoms with van der Waals surface area (Å²) in [7, 11) is 3.11. The summed E-state index contributed by atoms with van der Waals surface area (Å²) in [6.45, 7) is 3.74. The first-order valence-corrected chi connectivity index (χ1v) is 11.5. The summed E-state index contributed by atoms with van der Waals surface area (Å²) in [6, 6.07) is 15.4. The summed E-state index contributed by atoms with van der Waals surface area (Å²) >= 11 is 1.83. The molecule has 0 bridgehead atoms. The van der Waals surface area contributed by atoms with Gasteiger partial charge >= 0.3 is 0 Å². The number of hydrogen-bond donors (Lipinski definition) is 1. The SMILES string of the molecule is COc1cc(C(=O)NCCN2CCc3sccc3C2)cc(OC)c1OCc1ccccc1. The van der Waals surface area contributed by atoms with Gasteiger partial charge in [0, 0.05) is 36.6 Å². The molecule has 6 nitrogen and oxygen atoms in total. The molecule has 32 heavy (non-hydrogen) atoms. The third-order valence-electron chi connectivity index (χ3n) is 5.55. The van der Waals surface area contributed by atoms with Crippen LogP contribution in [0.4, 0.5) is 0 Å². The van der Waals surface area contributed by atoms with Gasteiger partial charge in [0.1, 0.15) is 6.61 Å². The molecule has 1 aliphatic heterocycles. The van der Waals surface area contributed by atoms with Crippen molar-refractivity contribution in [2.24, 2.45) is 0 Å². The lowest BCUT2D eigenvalue weighted by Gasteiger charge is -2.26. The van der Waals surface area contributed by atoms with Crippen LogP contribution in [0.1, 0.15) is 26.4 Å². The molecule has 0 spiro atoms. The lowest BCUT2D eigenvalue weighted by atomic mass is 10.1. The maximum absolute atomic E-state index is 12.8. The van der Waals surface area contributed by atoms with E-state index in [4.69, 9.17) is 14.2 Å². The zero-order valence-corrected chi connectivity index (χ0v) is 19.2. The number of hydrogen-bond acceptors (Lipinski definition) is 6. The van der Waals surface area contributed by atoms with E-state index in [2.05, 4.69) is 21.7 Å². The summed E-state index contributed by atoms with van der Waals surface area (Å²) in [6.07, 6.45) is 1.08. The van der Waals surface area contributed by atoms with Gasteiger partial charge in [0.25, 0.3) is 5.91 Å². The van der Waals surface area contributed by atoms with Gasteiger partial charge in [0.05, 0.1) is 14.2 Å². The Morgan fingerprint density at radius 3 is 2.56 bits per heavy atom. The Morgan fingerprint density at radius 1 is 1.09 bits per heavy atom. The second-order valence-electron chi connectivity index (χ2n) is 7.64. The Hall–Kier alpha value is -3.03. The molecule has 0 atom stereocenters. The number of benzene rings is 2. The van der Waals surface area contributed by atoms with Gasteiger partial charge in [-0.05, 0) is 41.1 Å². The highest BCUT2D eigenvalue weighted by molar-refractivity contribution is 7.10. The second kappa shape index (κ2) is 10.5. The fraction of sp³-hybridized carbons (Fsp3) is 0.320. The van der Waals surface area contributed by atoms with Gasteiger partial charge in [0.15, 0.2) is 11.5 Å². The van der Waals surface area contributed by atoms with E-state index in [9.17, 15) is 4.79 Å². The lowest BCUT2D eigenvalue weighted by molar-refractivity contribution is 0.0946. The largest absolute Gasteiger partial charge is 0.493 e. The van der Waals surface area contributed by atoms with E-state index in [0.717, 1.165) is 31.6 Å². The van der Waals surface area contributed by atoms with Gasteiger partial charge in [0.2, 0.25) is 5.75 Å². The normalized spacial score (nSPS) is 13.3. The molecule has 0 aliphatic carbocycles. The molecular formula is C25H28N2O4S. The quantitative estimate of drug-likeness (QED) is 0.529. The topological polar surface area (TPSA) is 60.0 Å². The third-order valence-corrected chi connectivity index (χ3v) is 6.57. The minimum absolute atomic E-state index is 0.163. The molecule has 1 aliphatic rings. The molecule has 0 unspecified atom stereocenters. The Balaban J connectivity index is 1.37. The predicted octanol–water partition coefficient (Wildman–Crippen LogP) is 4.13. The van der Waals surface area contributed by atoms with Crippen molar-refractivity contribution in [3.63, 3.8) is 0 Å². The van der Waals surface area contributed by atoms with Gasteiger partial charge in [-0.15, -0.1) is 11.3 Å². The van der Waals surface area contributed by atoms with Gasteiger partial charge in [-0.25, -0.2) is 0 Å². The molecular weight excluding hydrogens is 424 g/mol. The minimum atomic E-state index is -0.163. The average molecular weight is 453 g/mol. The maximum Gasteiger partial charge on any atom is 0.251 e. The number of ether oxygens (including phenoxy) is 3. The molecule has 1 aromatic heterocycles. The number of methoxy groups -OCH3 is 2. The van der Waals surface area contributed by atoms with Crippen molar-refractivity contribution in [3.8, 4) is 17.2 Å². The van der Waals surface area contributed by atoms with E-state index in [1.54, 1.807) is 26.4 Å². The van der Waals surface area contributed by atoms with Gasteiger partial charge < -0.3 is 19.5 Å². The van der Waals surface area contributed by atoms with Gasteiger partial charge in [-0.2, -0.15) is 0 Å². The van der Waals surface area contributed by atoms with Crippen LogP contribution in [0.3, 0.4) is 0 Å². The summed E-state index contributed by atoms with van der Waals surface area (Å²) in [5, 5.41) is 5.17. The van der Waals surface area contributed by atoms with Gasteiger partial charge in [-0.3, -0.25) is 9.69 Å². The minimum Gasteiger partial charge on any atom is -0.493 e. The summed E-state index contributed by atoms with van der Waals surface area (Å²) in [5.41, 5.74) is 2.92. The van der Waals surface area contributed by atoms with Crippen molar-refractivity contribution < 1.29 is 19.0 Å². The standard InChI is InChI=1S/C25H28N2O4S/c1-29-21-14-20(15-22(30-2)24(21)31-17-18-6-4-3-5-7-18)25(28)26-10-12-27-11-8-23-19(16-27)9-13-32-23/h3-7,9,13-15H,8,10-12,16-17H2,1-2H3,(H,26,28). The zero-order chi connectivity index (χ0) is 22.3. The summed E-state index contributed by atoms with van der Waals surface area (Å²) in [5.74, 6) is 1.25. The first-order chi connectivity index (χ1) is 15.7. The summed E-state index contributed by atoms with van der Waals surface area (Å²) < 4.78 is 17.0. The highest BCUT2D eigenvalue weighted by Crippen LogP contribution is 2.39. The molecule has 2 aromatic carbocycles. The molecule has 4 rings (SSSR count). The molecule has 0 saturated heterocycles. The Kier molecular flexibility index (Phi) is 7.29. The monoisotopic (exact) mass is 452 g/mol. The number of carbonyl (C=O) groups excluding carboxylic acids is 1. The predicted molar refractivity (Wildman–Crippen MR) is 126 cm³/mol. The number of nitrogens with one attached hydrogen (secondary N) is 1. The molecule has 7 heteroatoms. The third kappa shape index (κ3) is 5.23. The number of nitrogens with zero attached hydrogens (tertiary/aromatic N) is 1. The van der Waals surface area contributed by atoms with Crippen LogP contribution in [0.15, 0.2) is 53.9 Å². The molecule has 0 fully saturated rings. The number of amides is 1. The van der Waals surface area contributed by atoms with E-state index in [-0.39, 0.29) is 5.91 Å². The molecule has 3 aromatic rings. The number of carbonyl (C=O) groups is 1. The first-order valence-electron chi connectivity index (χ1n) is 10.7. The van der Waals surface area contributed by atoms with E-state index in [1.807, 2.05) is 41.7 Å². The highest BCUT2D eigenvalue weighted by Gasteiger charge is 2.19. The van der Waals surface area contributed by atoms with Crippen molar-refractivity contribution in [3.05, 3.63) is 75.5 Å². The molecule has 0 radical (unpaired) electrons. The molecule has 1 N–H and O–H groups in total. The first kappa shape index (κ1) is 22.2. The van der Waals surface area contributed by atoms with Crippen LogP contribution in [-0.2, 0) is 19.6 Å².